The second kappa shape index (κ2) is 14.3. The monoisotopic (exact) mass is 678 g/mol. The fourth-order valence-electron chi connectivity index (χ4n) is 7.33. The van der Waals surface area contributed by atoms with Crippen LogP contribution in [-0.4, -0.2) is 90.6 Å². The molecule has 2 aliphatic carbocycles. The van der Waals surface area contributed by atoms with Gasteiger partial charge in [-0.2, -0.15) is 0 Å². The van der Waals surface area contributed by atoms with E-state index in [0.29, 0.717) is 18.4 Å². The largest absolute Gasteiger partial charge is 0.462 e. The predicted octanol–water partition coefficient (Wildman–Crippen LogP) is 3.28. The van der Waals surface area contributed by atoms with Crippen molar-refractivity contribution in [2.75, 3.05) is 13.2 Å². The molecule has 4 fully saturated rings. The zero-order valence-electron chi connectivity index (χ0n) is 29.6. The number of ketones is 1. The molecule has 48 heavy (non-hydrogen) atoms. The third-order valence-electron chi connectivity index (χ3n) is 10.6. The van der Waals surface area contributed by atoms with E-state index in [1.807, 2.05) is 20.8 Å². The van der Waals surface area contributed by atoms with E-state index in [4.69, 9.17) is 33.2 Å². The topological polar surface area (TPSA) is 174 Å². The Morgan fingerprint density at radius 1 is 0.833 bits per heavy atom. The summed E-state index contributed by atoms with van der Waals surface area (Å²) in [6.45, 7) is 16.5. The van der Waals surface area contributed by atoms with E-state index in [-0.39, 0.29) is 13.2 Å². The zero-order valence-corrected chi connectivity index (χ0v) is 29.6. The second-order valence-corrected chi connectivity index (χ2v) is 14.1. The van der Waals surface area contributed by atoms with Gasteiger partial charge in [-0.3, -0.25) is 24.0 Å². The van der Waals surface area contributed by atoms with Crippen molar-refractivity contribution in [2.45, 2.75) is 124 Å². The summed E-state index contributed by atoms with van der Waals surface area (Å²) in [7, 11) is 0. The Balaban J connectivity index is 1.87. The molecule has 2 saturated heterocycles. The van der Waals surface area contributed by atoms with Gasteiger partial charge >= 0.3 is 29.8 Å². The van der Waals surface area contributed by atoms with Crippen LogP contribution in [0.1, 0.15) is 82.1 Å². The molecule has 2 heterocycles. The lowest BCUT2D eigenvalue weighted by atomic mass is 9.58. The first-order chi connectivity index (χ1) is 22.4. The summed E-state index contributed by atoms with van der Waals surface area (Å²) in [5.74, 6) is -7.84. The molecule has 0 N–H and O–H groups in total. The lowest BCUT2D eigenvalue weighted by Gasteiger charge is -2.50. The number of fused-ring (bicyclic) bond motifs is 2. The van der Waals surface area contributed by atoms with Crippen LogP contribution in [0.25, 0.3) is 0 Å². The van der Waals surface area contributed by atoms with Crippen molar-refractivity contribution < 1.29 is 61.9 Å². The number of rotatable bonds is 13. The van der Waals surface area contributed by atoms with Gasteiger partial charge < -0.3 is 33.2 Å². The van der Waals surface area contributed by atoms with Gasteiger partial charge in [0.15, 0.2) is 18.0 Å². The smallest absolute Gasteiger partial charge is 0.331 e. The van der Waals surface area contributed by atoms with Crippen molar-refractivity contribution in [3.05, 3.63) is 11.6 Å². The molecule has 0 amide bonds. The minimum atomic E-state index is -1.36. The average molecular weight is 679 g/mol. The molecule has 4 rings (SSSR count). The number of hydrogen-bond acceptors (Lipinski definition) is 13. The summed E-state index contributed by atoms with van der Waals surface area (Å²) in [6.07, 6.45) is -3.19. The lowest BCUT2D eigenvalue weighted by Crippen LogP contribution is -2.65. The number of ether oxygens (including phenoxy) is 7. The molecule has 0 aromatic carbocycles. The molecule has 0 aromatic heterocycles. The molecule has 13 nitrogen and oxygen atoms in total. The first kappa shape index (κ1) is 37.5. The Labute approximate surface area is 281 Å². The van der Waals surface area contributed by atoms with Gasteiger partial charge in [-0.15, -0.1) is 0 Å². The minimum absolute atomic E-state index is 0.0304. The van der Waals surface area contributed by atoms with Crippen molar-refractivity contribution in [1.29, 1.82) is 0 Å². The maximum absolute atomic E-state index is 14.4. The van der Waals surface area contributed by atoms with E-state index >= 15 is 0 Å². The molecule has 13 atom stereocenters. The highest BCUT2D eigenvalue weighted by atomic mass is 16.7. The van der Waals surface area contributed by atoms with Gasteiger partial charge in [0.2, 0.25) is 0 Å². The van der Waals surface area contributed by atoms with E-state index in [0.717, 1.165) is 0 Å². The van der Waals surface area contributed by atoms with Crippen LogP contribution in [0.3, 0.4) is 0 Å². The molecule has 0 aromatic rings. The maximum Gasteiger partial charge on any atom is 0.331 e. The van der Waals surface area contributed by atoms with Gasteiger partial charge in [0.1, 0.15) is 23.9 Å². The van der Waals surface area contributed by atoms with Crippen molar-refractivity contribution in [3.63, 3.8) is 0 Å². The van der Waals surface area contributed by atoms with Crippen LogP contribution in [0, 0.1) is 35.5 Å². The normalized spacial score (nSPS) is 36.2. The maximum atomic E-state index is 14.4. The SMILES string of the molecule is CCC(C)C(=O)OC1C(=O)C(C(C)OC(C)=O)C2C(C3(C)CO3)C(OC(=O)C=C(C)C(C)OC(C)=O)C(OC(=O)C(C)CC)C3(CO3)C12. The van der Waals surface area contributed by atoms with Gasteiger partial charge in [-0.1, -0.05) is 27.7 Å². The fraction of sp³-hybridized carbons (Fsp3) is 0.771. The van der Waals surface area contributed by atoms with Crippen molar-refractivity contribution in [1.82, 2.24) is 0 Å². The standard InChI is InChI=1S/C35H50O13/c1-11-16(3)32(40)47-29-27-25(24(28(29)39)20(7)45-22(9)37)26(34(10)14-42-34)30(46-23(38)13-18(5)19(6)44-21(8)36)31(35(27)15-43-35)48-33(41)17(4)12-2/h13,16-17,19-20,24-27,29-31H,11-12,14-15H2,1-10H3. The molecule has 0 bridgehead atoms. The van der Waals surface area contributed by atoms with Crippen molar-refractivity contribution in [3.8, 4) is 0 Å². The zero-order chi connectivity index (χ0) is 35.9. The Morgan fingerprint density at radius 2 is 1.38 bits per heavy atom. The number of esters is 5. The summed E-state index contributed by atoms with van der Waals surface area (Å²) in [5, 5.41) is 0. The molecular weight excluding hydrogens is 628 g/mol. The van der Waals surface area contributed by atoms with Gasteiger partial charge in [-0.05, 0) is 52.0 Å². The summed E-state index contributed by atoms with van der Waals surface area (Å²) < 4.78 is 41.3. The number of carbonyl (C=O) groups is 6. The van der Waals surface area contributed by atoms with Crippen molar-refractivity contribution in [2.24, 2.45) is 35.5 Å². The van der Waals surface area contributed by atoms with Crippen molar-refractivity contribution >= 4 is 35.6 Å². The lowest BCUT2D eigenvalue weighted by molar-refractivity contribution is -0.212. The summed E-state index contributed by atoms with van der Waals surface area (Å²) in [6, 6.07) is 0. The number of epoxide rings is 2. The molecule has 2 aliphatic heterocycles. The average Bonchev–Trinajstić information content (AvgIpc) is 3.93. The fourth-order valence-corrected chi connectivity index (χ4v) is 7.33. The van der Waals surface area contributed by atoms with Crippen LogP contribution in [0.2, 0.25) is 0 Å². The molecular formula is C35H50O13. The van der Waals surface area contributed by atoms with E-state index in [1.165, 1.54) is 19.9 Å². The van der Waals surface area contributed by atoms with E-state index < -0.39 is 113 Å². The highest BCUT2D eigenvalue weighted by Crippen LogP contribution is 2.64. The molecule has 2 saturated carbocycles. The number of hydrogen-bond donors (Lipinski definition) is 0. The molecule has 0 radical (unpaired) electrons. The second-order valence-electron chi connectivity index (χ2n) is 14.1. The first-order valence-corrected chi connectivity index (χ1v) is 16.9. The number of Topliss-reactive ketones (excluding diaryl/α,β-unsaturated/α-hetero) is 1. The summed E-state index contributed by atoms with van der Waals surface area (Å²) >= 11 is 0. The highest BCUT2D eigenvalue weighted by Gasteiger charge is 2.80. The van der Waals surface area contributed by atoms with Gasteiger partial charge in [-0.25, -0.2) is 4.79 Å². The van der Waals surface area contributed by atoms with Gasteiger partial charge in [0.05, 0.1) is 36.6 Å². The molecule has 13 heteroatoms. The first-order valence-electron chi connectivity index (χ1n) is 16.9. The van der Waals surface area contributed by atoms with E-state index in [9.17, 15) is 28.8 Å². The molecule has 268 valence electrons. The van der Waals surface area contributed by atoms with Crippen LogP contribution in [0.4, 0.5) is 0 Å². The summed E-state index contributed by atoms with van der Waals surface area (Å²) in [5.41, 5.74) is -1.89. The Hall–Kier alpha value is -3.32. The Bertz CT molecular complexity index is 1330. The third-order valence-corrected chi connectivity index (χ3v) is 10.6. The summed E-state index contributed by atoms with van der Waals surface area (Å²) in [4.78, 5) is 78.4. The van der Waals surface area contributed by atoms with E-state index in [2.05, 4.69) is 0 Å². The van der Waals surface area contributed by atoms with Crippen LogP contribution in [-0.2, 0) is 61.9 Å². The van der Waals surface area contributed by atoms with E-state index in [1.54, 1.807) is 34.6 Å². The van der Waals surface area contributed by atoms with Crippen LogP contribution in [0.5, 0.6) is 0 Å². The number of carbonyl (C=O) groups excluding carboxylic acids is 6. The third kappa shape index (κ3) is 7.31. The van der Waals surface area contributed by atoms with Gasteiger partial charge in [0, 0.05) is 31.8 Å². The predicted molar refractivity (Wildman–Crippen MR) is 167 cm³/mol. The van der Waals surface area contributed by atoms with Crippen LogP contribution in [0.15, 0.2) is 11.6 Å². The van der Waals surface area contributed by atoms with Gasteiger partial charge in [0.25, 0.3) is 0 Å². The minimum Gasteiger partial charge on any atom is -0.462 e. The highest BCUT2D eigenvalue weighted by molar-refractivity contribution is 5.92. The Kier molecular flexibility index (Phi) is 11.1. The molecule has 13 unspecified atom stereocenters. The Morgan fingerprint density at radius 3 is 1.85 bits per heavy atom. The van der Waals surface area contributed by atoms with Crippen LogP contribution < -0.4 is 0 Å². The molecule has 4 aliphatic rings. The quantitative estimate of drug-likeness (QED) is 0.120. The molecule has 1 spiro atoms. The van der Waals surface area contributed by atoms with Crippen LogP contribution >= 0.6 is 0 Å².